The van der Waals surface area contributed by atoms with Crippen LogP contribution in [0.25, 0.3) is 0 Å². The van der Waals surface area contributed by atoms with E-state index in [-0.39, 0.29) is 5.69 Å². The summed E-state index contributed by atoms with van der Waals surface area (Å²) in [5.41, 5.74) is 2.26. The summed E-state index contributed by atoms with van der Waals surface area (Å²) in [4.78, 5) is 19.1. The predicted molar refractivity (Wildman–Crippen MR) is 54.7 cm³/mol. The monoisotopic (exact) mass is 212 g/mol. The Bertz CT molecular complexity index is 318. The maximum Gasteiger partial charge on any atom is 0.285 e. The highest BCUT2D eigenvalue weighted by Crippen LogP contribution is 2.14. The zero-order valence-corrected chi connectivity index (χ0v) is 8.67. The molecular weight excluding hydrogens is 200 g/mol. The van der Waals surface area contributed by atoms with Crippen molar-refractivity contribution in [2.24, 2.45) is 5.84 Å². The number of nitrogen functional groups attached to an aromatic ring is 1. The number of amides is 1. The summed E-state index contributed by atoms with van der Waals surface area (Å²) < 4.78 is 0. The van der Waals surface area contributed by atoms with Gasteiger partial charge in [0.1, 0.15) is 10.7 Å². The standard InChI is InChI=1S/C8H12N4OS/c1-2-3-14-7-5-10-4-6(11-7)8(13)12-9/h4-5H,2-3,9H2,1H3,(H,12,13). The molecule has 0 spiro atoms. The number of aromatic nitrogens is 2. The SMILES string of the molecule is CCCSc1cncc(C(=O)NN)n1. The van der Waals surface area contributed by atoms with E-state index in [0.29, 0.717) is 0 Å². The number of carbonyl (C=O) groups excluding carboxylic acids is 1. The molecule has 1 rings (SSSR count). The van der Waals surface area contributed by atoms with Crippen LogP contribution in [0, 0.1) is 0 Å². The number of rotatable bonds is 4. The Hall–Kier alpha value is -1.14. The molecule has 3 N–H and O–H groups in total. The molecule has 1 aromatic heterocycles. The lowest BCUT2D eigenvalue weighted by molar-refractivity contribution is 0.0947. The molecule has 6 heteroatoms. The lowest BCUT2D eigenvalue weighted by Gasteiger charge is -2.01. The Morgan fingerprint density at radius 2 is 2.43 bits per heavy atom. The highest BCUT2D eigenvalue weighted by molar-refractivity contribution is 7.99. The number of hydrazine groups is 1. The van der Waals surface area contributed by atoms with Crippen molar-refractivity contribution in [3.8, 4) is 0 Å². The van der Waals surface area contributed by atoms with Crippen LogP contribution >= 0.6 is 11.8 Å². The Morgan fingerprint density at radius 1 is 1.64 bits per heavy atom. The Morgan fingerprint density at radius 3 is 3.07 bits per heavy atom. The molecule has 0 fully saturated rings. The number of nitrogens with one attached hydrogen (secondary N) is 1. The molecule has 0 aliphatic heterocycles. The van der Waals surface area contributed by atoms with Crippen LogP contribution in [0.2, 0.25) is 0 Å². The summed E-state index contributed by atoms with van der Waals surface area (Å²) in [6.07, 6.45) is 4.07. The van der Waals surface area contributed by atoms with Gasteiger partial charge >= 0.3 is 0 Å². The van der Waals surface area contributed by atoms with Crippen molar-refractivity contribution in [1.82, 2.24) is 15.4 Å². The lowest BCUT2D eigenvalue weighted by Crippen LogP contribution is -2.30. The summed E-state index contributed by atoms with van der Waals surface area (Å²) in [6.45, 7) is 2.08. The molecule has 0 aromatic carbocycles. The molecule has 0 atom stereocenters. The van der Waals surface area contributed by atoms with E-state index in [1.807, 2.05) is 5.43 Å². The minimum atomic E-state index is -0.420. The van der Waals surface area contributed by atoms with Crippen LogP contribution in [0.3, 0.4) is 0 Å². The molecule has 1 aromatic rings. The zero-order chi connectivity index (χ0) is 10.4. The number of thioether (sulfide) groups is 1. The van der Waals surface area contributed by atoms with Gasteiger partial charge in [-0.2, -0.15) is 0 Å². The van der Waals surface area contributed by atoms with E-state index in [0.717, 1.165) is 17.2 Å². The van der Waals surface area contributed by atoms with E-state index in [2.05, 4.69) is 16.9 Å². The largest absolute Gasteiger partial charge is 0.289 e. The molecule has 1 amide bonds. The third-order valence-corrected chi connectivity index (χ3v) is 2.54. The van der Waals surface area contributed by atoms with E-state index in [1.54, 1.807) is 18.0 Å². The second kappa shape index (κ2) is 5.56. The van der Waals surface area contributed by atoms with Gasteiger partial charge in [0.2, 0.25) is 0 Å². The van der Waals surface area contributed by atoms with Crippen LogP contribution in [0.15, 0.2) is 17.4 Å². The third kappa shape index (κ3) is 2.97. The van der Waals surface area contributed by atoms with Gasteiger partial charge in [-0.3, -0.25) is 15.2 Å². The van der Waals surface area contributed by atoms with Gasteiger partial charge in [-0.25, -0.2) is 10.8 Å². The molecule has 0 unspecified atom stereocenters. The number of hydrogen-bond donors (Lipinski definition) is 2. The van der Waals surface area contributed by atoms with E-state index in [1.165, 1.54) is 6.20 Å². The van der Waals surface area contributed by atoms with Gasteiger partial charge in [0.15, 0.2) is 0 Å². The lowest BCUT2D eigenvalue weighted by atomic mass is 10.4. The smallest absolute Gasteiger partial charge is 0.285 e. The first-order valence-corrected chi connectivity index (χ1v) is 5.22. The molecule has 0 saturated carbocycles. The molecule has 1 heterocycles. The maximum atomic E-state index is 11.1. The minimum Gasteiger partial charge on any atom is -0.289 e. The van der Waals surface area contributed by atoms with Crippen LogP contribution in [0.4, 0.5) is 0 Å². The number of carbonyl (C=O) groups is 1. The molecule has 5 nitrogen and oxygen atoms in total. The van der Waals surface area contributed by atoms with Crippen molar-refractivity contribution < 1.29 is 4.79 Å². The molecule has 0 radical (unpaired) electrons. The second-order valence-electron chi connectivity index (χ2n) is 2.56. The first kappa shape index (κ1) is 10.9. The fourth-order valence-electron chi connectivity index (χ4n) is 0.808. The molecule has 0 saturated heterocycles. The Kier molecular flexibility index (Phi) is 4.34. The Labute approximate surface area is 86.5 Å². The number of hydrogen-bond acceptors (Lipinski definition) is 5. The van der Waals surface area contributed by atoms with E-state index in [4.69, 9.17) is 5.84 Å². The second-order valence-corrected chi connectivity index (χ2v) is 3.68. The van der Waals surface area contributed by atoms with Gasteiger partial charge < -0.3 is 0 Å². The quantitative estimate of drug-likeness (QED) is 0.330. The van der Waals surface area contributed by atoms with Gasteiger partial charge in [0.05, 0.1) is 12.4 Å². The van der Waals surface area contributed by atoms with Gasteiger partial charge in [-0.05, 0) is 12.2 Å². The van der Waals surface area contributed by atoms with Gasteiger partial charge in [0.25, 0.3) is 5.91 Å². The normalized spacial score (nSPS) is 9.86. The van der Waals surface area contributed by atoms with E-state index >= 15 is 0 Å². The molecule has 0 bridgehead atoms. The van der Waals surface area contributed by atoms with Crippen molar-refractivity contribution in [2.75, 3.05) is 5.75 Å². The van der Waals surface area contributed by atoms with E-state index in [9.17, 15) is 4.79 Å². The van der Waals surface area contributed by atoms with Crippen molar-refractivity contribution in [2.45, 2.75) is 18.4 Å². The first-order chi connectivity index (χ1) is 6.77. The van der Waals surface area contributed by atoms with Crippen LogP contribution < -0.4 is 11.3 Å². The highest BCUT2D eigenvalue weighted by Gasteiger charge is 2.06. The molecule has 76 valence electrons. The third-order valence-electron chi connectivity index (χ3n) is 1.43. The van der Waals surface area contributed by atoms with Crippen molar-refractivity contribution in [3.63, 3.8) is 0 Å². The topological polar surface area (TPSA) is 80.9 Å². The van der Waals surface area contributed by atoms with Gasteiger partial charge in [-0.1, -0.05) is 6.92 Å². The molecule has 0 aliphatic rings. The van der Waals surface area contributed by atoms with Crippen molar-refractivity contribution in [1.29, 1.82) is 0 Å². The van der Waals surface area contributed by atoms with Crippen LogP contribution in [0.1, 0.15) is 23.8 Å². The van der Waals surface area contributed by atoms with E-state index < -0.39 is 5.91 Å². The summed E-state index contributed by atoms with van der Waals surface area (Å²) in [6, 6.07) is 0. The van der Waals surface area contributed by atoms with Crippen molar-refractivity contribution >= 4 is 17.7 Å². The van der Waals surface area contributed by atoms with Crippen LogP contribution in [-0.2, 0) is 0 Å². The number of nitrogens with two attached hydrogens (primary N) is 1. The predicted octanol–water partition coefficient (Wildman–Crippen LogP) is 0.582. The Balaban J connectivity index is 2.73. The average molecular weight is 212 g/mol. The number of nitrogens with zero attached hydrogens (tertiary/aromatic N) is 2. The fourth-order valence-corrected chi connectivity index (χ4v) is 1.52. The molecule has 0 aliphatic carbocycles. The zero-order valence-electron chi connectivity index (χ0n) is 7.86. The maximum absolute atomic E-state index is 11.1. The first-order valence-electron chi connectivity index (χ1n) is 4.23. The van der Waals surface area contributed by atoms with Gasteiger partial charge in [-0.15, -0.1) is 11.8 Å². The van der Waals surface area contributed by atoms with Crippen LogP contribution in [-0.4, -0.2) is 21.6 Å². The minimum absolute atomic E-state index is 0.244. The summed E-state index contributed by atoms with van der Waals surface area (Å²) in [5.74, 6) is 5.52. The summed E-state index contributed by atoms with van der Waals surface area (Å²) in [5, 5.41) is 0.743. The van der Waals surface area contributed by atoms with Gasteiger partial charge in [0, 0.05) is 0 Å². The molecule has 14 heavy (non-hydrogen) atoms. The average Bonchev–Trinajstić information content (AvgIpc) is 2.25. The fraction of sp³-hybridized carbons (Fsp3) is 0.375. The summed E-state index contributed by atoms with van der Waals surface area (Å²) >= 11 is 1.57. The van der Waals surface area contributed by atoms with Crippen molar-refractivity contribution in [3.05, 3.63) is 18.1 Å². The highest BCUT2D eigenvalue weighted by atomic mass is 32.2. The molecular formula is C8H12N4OS. The van der Waals surface area contributed by atoms with Crippen LogP contribution in [0.5, 0.6) is 0 Å². The summed E-state index contributed by atoms with van der Waals surface area (Å²) in [7, 11) is 0.